The summed E-state index contributed by atoms with van der Waals surface area (Å²) >= 11 is 5.44. The summed E-state index contributed by atoms with van der Waals surface area (Å²) < 4.78 is 7.37. The summed E-state index contributed by atoms with van der Waals surface area (Å²) in [5.74, 6) is 1.05. The fourth-order valence-electron chi connectivity index (χ4n) is 5.00. The monoisotopic (exact) mass is 714 g/mol. The van der Waals surface area contributed by atoms with E-state index in [2.05, 4.69) is 164 Å². The third kappa shape index (κ3) is 10.5. The lowest BCUT2D eigenvalue weighted by Gasteiger charge is -2.32. The lowest BCUT2D eigenvalue weighted by atomic mass is 9.88. The maximum absolute atomic E-state index is 6.30. The number of fused-ring (bicyclic) bond motifs is 2. The van der Waals surface area contributed by atoms with Gasteiger partial charge in [-0.2, -0.15) is 0 Å². The van der Waals surface area contributed by atoms with Crippen molar-refractivity contribution >= 4 is 58.1 Å². The molecule has 0 aromatic heterocycles. The summed E-state index contributed by atoms with van der Waals surface area (Å²) in [5, 5.41) is 0. The molecule has 4 aromatic rings. The van der Waals surface area contributed by atoms with E-state index in [4.69, 9.17) is 4.74 Å². The largest absolute Gasteiger partial charge is 0.365 e. The molecule has 3 nitrogen and oxygen atoms in total. The Balaban J connectivity index is 0.000000293. The molecule has 0 amide bonds. The number of hydrogen-bond donors (Lipinski definition) is 0. The first-order chi connectivity index (χ1) is 20.3. The third-order valence-electron chi connectivity index (χ3n) is 7.44. The number of rotatable bonds is 9. The molecule has 1 unspecified atom stereocenters. The van der Waals surface area contributed by atoms with Crippen molar-refractivity contribution in [1.29, 1.82) is 0 Å². The Morgan fingerprint density at radius 2 is 1.30 bits per heavy atom. The maximum atomic E-state index is 6.30. The molecule has 0 saturated heterocycles. The van der Waals surface area contributed by atoms with Gasteiger partial charge in [-0.3, -0.25) is 0 Å². The standard InChI is InChI=1S/C19H21NS.C18H22BrNO.2ClH/c1-20(2)13-7-11-17-16-9-4-3-8-15(16)14-21-19-12-6-5-10-18(17)19;1-18(21-14-13-20(2)3,15-7-5-4-6-8-15)16-9-11-17(19)12-10-16;;/h3-6,8-12H,7,13-14H2,1-2H3;4-12H,13-14H2,1-3H3;2*1H. The number of hydrogen-bond acceptors (Lipinski definition) is 4. The predicted octanol–water partition coefficient (Wildman–Crippen LogP) is 9.81. The number of nitrogens with zero attached hydrogens (tertiary/aromatic N) is 2. The van der Waals surface area contributed by atoms with Crippen LogP contribution in [0.4, 0.5) is 0 Å². The molecule has 0 spiro atoms. The van der Waals surface area contributed by atoms with E-state index < -0.39 is 5.60 Å². The van der Waals surface area contributed by atoms with E-state index in [-0.39, 0.29) is 24.8 Å². The molecule has 7 heteroatoms. The van der Waals surface area contributed by atoms with Crippen molar-refractivity contribution in [1.82, 2.24) is 9.80 Å². The molecular formula is C37H45BrCl2N2OS. The van der Waals surface area contributed by atoms with Gasteiger partial charge in [0.15, 0.2) is 0 Å². The fraction of sp³-hybridized carbons (Fsp3) is 0.297. The van der Waals surface area contributed by atoms with Gasteiger partial charge >= 0.3 is 0 Å². The smallest absolute Gasteiger partial charge is 0.115 e. The highest BCUT2D eigenvalue weighted by atomic mass is 79.9. The van der Waals surface area contributed by atoms with Crippen LogP contribution in [0.2, 0.25) is 0 Å². The first kappa shape index (κ1) is 38.1. The van der Waals surface area contributed by atoms with Crippen molar-refractivity contribution < 1.29 is 4.74 Å². The molecular weight excluding hydrogens is 671 g/mol. The second kappa shape index (κ2) is 18.8. The van der Waals surface area contributed by atoms with Crippen molar-refractivity contribution in [3.05, 3.63) is 141 Å². The Morgan fingerprint density at radius 3 is 1.95 bits per heavy atom. The minimum atomic E-state index is -0.433. The molecule has 0 saturated carbocycles. The molecule has 0 aliphatic carbocycles. The fourth-order valence-corrected chi connectivity index (χ4v) is 6.34. The Bertz CT molecular complexity index is 1400. The zero-order valence-electron chi connectivity index (χ0n) is 26.3. The van der Waals surface area contributed by atoms with Gasteiger partial charge in [0, 0.05) is 28.2 Å². The van der Waals surface area contributed by atoms with Crippen molar-refractivity contribution in [3.63, 3.8) is 0 Å². The van der Waals surface area contributed by atoms with Crippen LogP contribution in [0.5, 0.6) is 0 Å². The molecule has 0 fully saturated rings. The van der Waals surface area contributed by atoms with Crippen molar-refractivity contribution in [3.8, 4) is 0 Å². The Labute approximate surface area is 290 Å². The van der Waals surface area contributed by atoms with E-state index in [9.17, 15) is 0 Å². The van der Waals surface area contributed by atoms with Gasteiger partial charge in [-0.15, -0.1) is 36.6 Å². The summed E-state index contributed by atoms with van der Waals surface area (Å²) in [6.07, 6.45) is 3.49. The molecule has 0 N–H and O–H groups in total. The molecule has 1 aliphatic heterocycles. The number of likely N-dealkylation sites (N-methyl/N-ethyl adjacent to an activating group) is 1. The van der Waals surface area contributed by atoms with Crippen LogP contribution in [-0.2, 0) is 16.1 Å². The number of thioether (sulfide) groups is 1. The van der Waals surface area contributed by atoms with Crippen molar-refractivity contribution in [2.45, 2.75) is 29.6 Å². The molecule has 0 radical (unpaired) electrons. The van der Waals surface area contributed by atoms with Crippen molar-refractivity contribution in [2.24, 2.45) is 0 Å². The van der Waals surface area contributed by atoms with Crippen LogP contribution >= 0.6 is 52.5 Å². The Morgan fingerprint density at radius 1 is 0.727 bits per heavy atom. The second-order valence-corrected chi connectivity index (χ2v) is 13.1. The summed E-state index contributed by atoms with van der Waals surface area (Å²) in [5.41, 5.74) is 7.52. The Hall–Kier alpha value is -2.09. The van der Waals surface area contributed by atoms with Gasteiger partial charge in [-0.05, 0) is 93.1 Å². The lowest BCUT2D eigenvalue weighted by Crippen LogP contribution is -2.31. The Kier molecular flexibility index (Phi) is 16.3. The third-order valence-corrected chi connectivity index (χ3v) is 9.09. The van der Waals surface area contributed by atoms with Crippen LogP contribution in [0.3, 0.4) is 0 Å². The van der Waals surface area contributed by atoms with Gasteiger partial charge < -0.3 is 14.5 Å². The molecule has 4 aromatic carbocycles. The van der Waals surface area contributed by atoms with Crippen LogP contribution in [0, 0.1) is 0 Å². The van der Waals surface area contributed by atoms with Gasteiger partial charge in [0.2, 0.25) is 0 Å². The highest BCUT2D eigenvalue weighted by Crippen LogP contribution is 2.40. The molecule has 5 rings (SSSR count). The van der Waals surface area contributed by atoms with Crippen LogP contribution in [-0.4, -0.2) is 57.7 Å². The van der Waals surface area contributed by atoms with Crippen LogP contribution < -0.4 is 0 Å². The number of ether oxygens (including phenoxy) is 1. The van der Waals surface area contributed by atoms with Gasteiger partial charge in [0.1, 0.15) is 5.60 Å². The second-order valence-electron chi connectivity index (χ2n) is 11.2. The molecule has 1 aliphatic rings. The van der Waals surface area contributed by atoms with Crippen LogP contribution in [0.1, 0.15) is 41.2 Å². The van der Waals surface area contributed by atoms with E-state index in [0.717, 1.165) is 35.3 Å². The molecule has 1 heterocycles. The highest BCUT2D eigenvalue weighted by Gasteiger charge is 2.29. The van der Waals surface area contributed by atoms with E-state index >= 15 is 0 Å². The predicted molar refractivity (Wildman–Crippen MR) is 199 cm³/mol. The average molecular weight is 717 g/mol. The van der Waals surface area contributed by atoms with E-state index in [1.54, 1.807) is 0 Å². The average Bonchev–Trinajstić information content (AvgIpc) is 3.15. The molecule has 1 atom stereocenters. The molecule has 236 valence electrons. The van der Waals surface area contributed by atoms with Gasteiger partial charge in [0.25, 0.3) is 0 Å². The normalized spacial score (nSPS) is 14.2. The first-order valence-corrected chi connectivity index (χ1v) is 16.3. The van der Waals surface area contributed by atoms with E-state index in [0.29, 0.717) is 6.61 Å². The molecule has 44 heavy (non-hydrogen) atoms. The zero-order valence-corrected chi connectivity index (χ0v) is 30.4. The SMILES string of the molecule is CN(C)CCC=C1c2ccccc2CSc2ccccc21.CN(C)CCOC(C)(c1ccccc1)c1ccc(Br)cc1.Cl.Cl. The minimum absolute atomic E-state index is 0. The first-order valence-electron chi connectivity index (χ1n) is 14.5. The maximum Gasteiger partial charge on any atom is 0.115 e. The summed E-state index contributed by atoms with van der Waals surface area (Å²) in [4.78, 5) is 5.76. The van der Waals surface area contributed by atoms with Crippen LogP contribution in [0.25, 0.3) is 5.57 Å². The minimum Gasteiger partial charge on any atom is -0.365 e. The lowest BCUT2D eigenvalue weighted by molar-refractivity contribution is -0.0101. The topological polar surface area (TPSA) is 15.7 Å². The number of halogens is 3. The van der Waals surface area contributed by atoms with Gasteiger partial charge in [0.05, 0.1) is 6.61 Å². The van der Waals surface area contributed by atoms with Gasteiger partial charge in [-0.1, -0.05) is 107 Å². The van der Waals surface area contributed by atoms with Crippen molar-refractivity contribution in [2.75, 3.05) is 47.9 Å². The van der Waals surface area contributed by atoms with E-state index in [1.165, 1.54) is 32.7 Å². The van der Waals surface area contributed by atoms with Crippen LogP contribution in [0.15, 0.2) is 119 Å². The zero-order chi connectivity index (χ0) is 30.0. The quantitative estimate of drug-likeness (QED) is 0.171. The highest BCUT2D eigenvalue weighted by molar-refractivity contribution is 9.10. The summed E-state index contributed by atoms with van der Waals surface area (Å²) in [7, 11) is 8.37. The van der Waals surface area contributed by atoms with E-state index in [1.807, 2.05) is 17.8 Å². The van der Waals surface area contributed by atoms with Gasteiger partial charge in [-0.25, -0.2) is 0 Å². The summed E-state index contributed by atoms with van der Waals surface area (Å²) in [6, 6.07) is 36.4. The summed E-state index contributed by atoms with van der Waals surface area (Å²) in [6.45, 7) is 4.82. The number of benzene rings is 4. The molecule has 0 bridgehead atoms.